The molecule has 17 heavy (non-hydrogen) atoms. The Balaban J connectivity index is 2.34. The van der Waals surface area contributed by atoms with Crippen molar-refractivity contribution in [1.82, 2.24) is 19.7 Å². The first-order valence-electron chi connectivity index (χ1n) is 5.20. The molecule has 2 aromatic heterocycles. The molecule has 0 aliphatic carbocycles. The van der Waals surface area contributed by atoms with E-state index in [4.69, 9.17) is 0 Å². The Bertz CT molecular complexity index is 685. The molecule has 0 radical (unpaired) electrons. The number of aromatic nitrogens is 4. The summed E-state index contributed by atoms with van der Waals surface area (Å²) in [4.78, 5) is 4.39. The number of hydrogen-bond acceptors (Lipinski definition) is 4. The van der Waals surface area contributed by atoms with Gasteiger partial charge in [0, 0.05) is 18.6 Å². The summed E-state index contributed by atoms with van der Waals surface area (Å²) in [6.07, 6.45) is 1.78. The smallest absolute Gasteiger partial charge is 0.188 e. The third-order valence-corrected chi connectivity index (χ3v) is 3.13. The van der Waals surface area contributed by atoms with Crippen LogP contribution in [-0.4, -0.2) is 19.7 Å². The fourth-order valence-corrected chi connectivity index (χ4v) is 1.96. The molecule has 0 saturated heterocycles. The molecule has 84 valence electrons. The van der Waals surface area contributed by atoms with E-state index in [-0.39, 0.29) is 0 Å². The zero-order valence-corrected chi connectivity index (χ0v) is 10.1. The molecule has 0 N–H and O–H groups in total. The first kappa shape index (κ1) is 10.3. The molecular weight excluding hydrogens is 232 g/mol. The van der Waals surface area contributed by atoms with Crippen molar-refractivity contribution in [2.75, 3.05) is 0 Å². The van der Waals surface area contributed by atoms with Crippen molar-refractivity contribution in [3.8, 4) is 11.5 Å². The number of nitrogens with zero attached hydrogens (tertiary/aromatic N) is 4. The lowest BCUT2D eigenvalue weighted by molar-refractivity contribution is 0.797. The Morgan fingerprint density at radius 2 is 1.94 bits per heavy atom. The average Bonchev–Trinajstić information content (AvgIpc) is 2.69. The molecule has 0 aliphatic heterocycles. The summed E-state index contributed by atoms with van der Waals surface area (Å²) in [5.74, 6) is 0.729. The van der Waals surface area contributed by atoms with Crippen LogP contribution in [-0.2, 0) is 7.05 Å². The van der Waals surface area contributed by atoms with E-state index in [0.717, 1.165) is 22.3 Å². The standard InChI is InChI=1S/C12H10N4S/c1-16-11(14-15-12(16)17)10-9-5-3-2-4-8(9)6-7-13-10/h2-7H,1H3,(H,15,17). The fourth-order valence-electron chi connectivity index (χ4n) is 1.83. The van der Waals surface area contributed by atoms with E-state index in [0.29, 0.717) is 5.16 Å². The number of benzene rings is 1. The molecule has 0 aliphatic rings. The van der Waals surface area contributed by atoms with Gasteiger partial charge in [0.15, 0.2) is 11.0 Å². The summed E-state index contributed by atoms with van der Waals surface area (Å²) < 4.78 is 1.82. The molecule has 0 fully saturated rings. The van der Waals surface area contributed by atoms with Crippen LogP contribution in [0, 0.1) is 0 Å². The van der Waals surface area contributed by atoms with Gasteiger partial charge in [-0.2, -0.15) is 0 Å². The zero-order chi connectivity index (χ0) is 11.8. The Labute approximate surface area is 104 Å². The zero-order valence-electron chi connectivity index (χ0n) is 9.20. The van der Waals surface area contributed by atoms with Crippen LogP contribution in [0.4, 0.5) is 0 Å². The summed E-state index contributed by atoms with van der Waals surface area (Å²) in [5, 5.41) is 10.8. The SMILES string of the molecule is Cn1c(S)nnc1-c1nccc2ccccc12. The van der Waals surface area contributed by atoms with Crippen LogP contribution < -0.4 is 0 Å². The second-order valence-corrected chi connectivity index (χ2v) is 4.16. The minimum Gasteiger partial charge on any atom is -0.304 e. The number of hydrogen-bond donors (Lipinski definition) is 1. The quantitative estimate of drug-likeness (QED) is 0.666. The van der Waals surface area contributed by atoms with Gasteiger partial charge in [-0.3, -0.25) is 4.98 Å². The lowest BCUT2D eigenvalue weighted by atomic mass is 10.1. The van der Waals surface area contributed by atoms with Crippen LogP contribution in [0.25, 0.3) is 22.3 Å². The van der Waals surface area contributed by atoms with Crippen molar-refractivity contribution in [1.29, 1.82) is 0 Å². The summed E-state index contributed by atoms with van der Waals surface area (Å²) in [5.41, 5.74) is 0.832. The Hall–Kier alpha value is -1.88. The predicted octanol–water partition coefficient (Wildman–Crippen LogP) is 2.32. The first-order valence-corrected chi connectivity index (χ1v) is 5.64. The third kappa shape index (κ3) is 1.59. The van der Waals surface area contributed by atoms with E-state index in [1.54, 1.807) is 6.20 Å². The van der Waals surface area contributed by atoms with Gasteiger partial charge < -0.3 is 4.57 Å². The lowest BCUT2D eigenvalue weighted by Crippen LogP contribution is -1.96. The van der Waals surface area contributed by atoms with E-state index in [2.05, 4.69) is 33.9 Å². The molecule has 0 bridgehead atoms. The highest BCUT2D eigenvalue weighted by Gasteiger charge is 2.12. The normalized spacial score (nSPS) is 10.9. The predicted molar refractivity (Wildman–Crippen MR) is 69.0 cm³/mol. The number of pyridine rings is 1. The average molecular weight is 242 g/mol. The van der Waals surface area contributed by atoms with Crippen molar-refractivity contribution < 1.29 is 0 Å². The molecule has 0 spiro atoms. The highest BCUT2D eigenvalue weighted by molar-refractivity contribution is 7.80. The van der Waals surface area contributed by atoms with Crippen LogP contribution in [0.1, 0.15) is 0 Å². The molecule has 0 saturated carbocycles. The van der Waals surface area contributed by atoms with Gasteiger partial charge in [-0.15, -0.1) is 22.8 Å². The molecule has 0 unspecified atom stereocenters. The van der Waals surface area contributed by atoms with Gasteiger partial charge >= 0.3 is 0 Å². The third-order valence-electron chi connectivity index (χ3n) is 2.74. The Kier molecular flexibility index (Phi) is 2.33. The van der Waals surface area contributed by atoms with E-state index < -0.39 is 0 Å². The minimum atomic E-state index is 0.578. The van der Waals surface area contributed by atoms with Gasteiger partial charge in [0.05, 0.1) is 0 Å². The monoisotopic (exact) mass is 242 g/mol. The second-order valence-electron chi connectivity index (χ2n) is 3.76. The molecule has 2 heterocycles. The second kappa shape index (κ2) is 3.85. The maximum absolute atomic E-state index is 4.39. The van der Waals surface area contributed by atoms with Crippen molar-refractivity contribution >= 4 is 23.4 Å². The maximum atomic E-state index is 4.39. The number of rotatable bonds is 1. The molecule has 3 aromatic rings. The van der Waals surface area contributed by atoms with Crippen LogP contribution >= 0.6 is 12.6 Å². The van der Waals surface area contributed by atoms with Gasteiger partial charge in [0.2, 0.25) is 0 Å². The summed E-state index contributed by atoms with van der Waals surface area (Å²) in [6, 6.07) is 10.1. The van der Waals surface area contributed by atoms with Crippen molar-refractivity contribution in [3.63, 3.8) is 0 Å². The Morgan fingerprint density at radius 3 is 2.71 bits per heavy atom. The Morgan fingerprint density at radius 1 is 1.12 bits per heavy atom. The van der Waals surface area contributed by atoms with Crippen molar-refractivity contribution in [2.45, 2.75) is 5.16 Å². The first-order chi connectivity index (χ1) is 8.27. The van der Waals surface area contributed by atoms with Crippen molar-refractivity contribution in [2.24, 2.45) is 7.05 Å². The molecule has 1 aromatic carbocycles. The van der Waals surface area contributed by atoms with E-state index in [1.165, 1.54) is 0 Å². The highest BCUT2D eigenvalue weighted by Crippen LogP contribution is 2.25. The van der Waals surface area contributed by atoms with Gasteiger partial charge in [-0.1, -0.05) is 24.3 Å². The molecule has 5 heteroatoms. The lowest BCUT2D eigenvalue weighted by Gasteiger charge is -2.04. The molecule has 0 atom stereocenters. The van der Waals surface area contributed by atoms with Gasteiger partial charge in [-0.05, 0) is 11.5 Å². The van der Waals surface area contributed by atoms with Gasteiger partial charge in [-0.25, -0.2) is 0 Å². The van der Waals surface area contributed by atoms with Crippen LogP contribution in [0.15, 0.2) is 41.7 Å². The summed E-state index contributed by atoms with van der Waals surface area (Å²) >= 11 is 4.22. The fraction of sp³-hybridized carbons (Fsp3) is 0.0833. The molecule has 0 amide bonds. The number of thiol groups is 1. The van der Waals surface area contributed by atoms with E-state index in [1.807, 2.05) is 35.9 Å². The number of fused-ring (bicyclic) bond motifs is 1. The van der Waals surface area contributed by atoms with E-state index in [9.17, 15) is 0 Å². The van der Waals surface area contributed by atoms with Gasteiger partial charge in [0.25, 0.3) is 0 Å². The maximum Gasteiger partial charge on any atom is 0.188 e. The summed E-state index contributed by atoms with van der Waals surface area (Å²) in [7, 11) is 1.88. The van der Waals surface area contributed by atoms with E-state index >= 15 is 0 Å². The van der Waals surface area contributed by atoms with Gasteiger partial charge in [0.1, 0.15) is 5.69 Å². The van der Waals surface area contributed by atoms with Crippen LogP contribution in [0.2, 0.25) is 0 Å². The van der Waals surface area contributed by atoms with Crippen LogP contribution in [0.3, 0.4) is 0 Å². The molecule has 3 rings (SSSR count). The largest absolute Gasteiger partial charge is 0.304 e. The van der Waals surface area contributed by atoms with Crippen molar-refractivity contribution in [3.05, 3.63) is 36.5 Å². The topological polar surface area (TPSA) is 43.6 Å². The highest BCUT2D eigenvalue weighted by atomic mass is 32.1. The molecular formula is C12H10N4S. The summed E-state index contributed by atoms with van der Waals surface area (Å²) in [6.45, 7) is 0. The van der Waals surface area contributed by atoms with Crippen LogP contribution in [0.5, 0.6) is 0 Å². The minimum absolute atomic E-state index is 0.578. The molecule has 4 nitrogen and oxygen atoms in total.